The van der Waals surface area contributed by atoms with Gasteiger partial charge in [-0.1, -0.05) is 35.9 Å². The van der Waals surface area contributed by atoms with E-state index in [9.17, 15) is 10.1 Å². The number of hydrogen-bond acceptors (Lipinski definition) is 4. The highest BCUT2D eigenvalue weighted by atomic mass is 35.5. The molecule has 5 nitrogen and oxygen atoms in total. The van der Waals surface area contributed by atoms with Gasteiger partial charge < -0.3 is 0 Å². The van der Waals surface area contributed by atoms with E-state index in [4.69, 9.17) is 11.6 Å². The topological polar surface area (TPSA) is 67.5 Å². The Labute approximate surface area is 121 Å². The van der Waals surface area contributed by atoms with Crippen LogP contribution in [0.25, 0.3) is 0 Å². The van der Waals surface area contributed by atoms with Crippen LogP contribution in [-0.2, 0) is 0 Å². The highest BCUT2D eigenvalue weighted by molar-refractivity contribution is 6.30. The third-order valence-electron chi connectivity index (χ3n) is 2.71. The normalized spacial score (nSPS) is 11.2. The van der Waals surface area contributed by atoms with Crippen molar-refractivity contribution in [3.8, 4) is 0 Å². The number of rotatable bonds is 4. The van der Waals surface area contributed by atoms with Crippen molar-refractivity contribution in [2.75, 3.05) is 5.43 Å². The zero-order valence-corrected chi connectivity index (χ0v) is 11.5. The average molecular weight is 290 g/mol. The number of para-hydroxylation sites is 2. The Balaban J connectivity index is 2.21. The van der Waals surface area contributed by atoms with Crippen LogP contribution in [0.15, 0.2) is 53.6 Å². The number of nitro groups is 1. The van der Waals surface area contributed by atoms with Crippen LogP contribution in [-0.4, -0.2) is 10.6 Å². The minimum Gasteiger partial charge on any atom is -0.271 e. The second-order valence-corrected chi connectivity index (χ2v) is 4.53. The Kier molecular flexibility index (Phi) is 4.32. The van der Waals surface area contributed by atoms with Gasteiger partial charge >= 0.3 is 0 Å². The zero-order chi connectivity index (χ0) is 14.5. The summed E-state index contributed by atoms with van der Waals surface area (Å²) in [5.41, 5.74) is 4.66. The maximum atomic E-state index is 10.9. The fourth-order valence-corrected chi connectivity index (χ4v) is 1.75. The Morgan fingerprint density at radius 1 is 1.20 bits per heavy atom. The number of hydrogen-bond donors (Lipinski definition) is 1. The Bertz CT molecular complexity index is 654. The van der Waals surface area contributed by atoms with Gasteiger partial charge in [-0.3, -0.25) is 15.5 Å². The van der Waals surface area contributed by atoms with Crippen LogP contribution in [0.5, 0.6) is 0 Å². The van der Waals surface area contributed by atoms with Crippen LogP contribution in [0.3, 0.4) is 0 Å². The van der Waals surface area contributed by atoms with E-state index in [1.54, 1.807) is 30.3 Å². The van der Waals surface area contributed by atoms with Crippen LogP contribution >= 0.6 is 11.6 Å². The van der Waals surface area contributed by atoms with E-state index in [2.05, 4.69) is 10.5 Å². The maximum Gasteiger partial charge on any atom is 0.294 e. The molecule has 0 unspecified atom stereocenters. The molecule has 0 heterocycles. The number of anilines is 1. The molecule has 0 aliphatic carbocycles. The lowest BCUT2D eigenvalue weighted by Crippen LogP contribution is -2.01. The van der Waals surface area contributed by atoms with Crippen LogP contribution in [0.2, 0.25) is 5.02 Å². The fraction of sp³-hybridized carbons (Fsp3) is 0.0714. The molecule has 20 heavy (non-hydrogen) atoms. The van der Waals surface area contributed by atoms with Gasteiger partial charge in [-0.15, -0.1) is 0 Å². The van der Waals surface area contributed by atoms with Crippen LogP contribution < -0.4 is 5.43 Å². The monoisotopic (exact) mass is 289 g/mol. The van der Waals surface area contributed by atoms with Crippen LogP contribution in [0.4, 0.5) is 11.4 Å². The summed E-state index contributed by atoms with van der Waals surface area (Å²) in [6, 6.07) is 13.6. The smallest absolute Gasteiger partial charge is 0.271 e. The zero-order valence-electron chi connectivity index (χ0n) is 10.7. The molecule has 2 aromatic rings. The van der Waals surface area contributed by atoms with Crippen molar-refractivity contribution in [2.24, 2.45) is 5.10 Å². The van der Waals surface area contributed by atoms with Gasteiger partial charge in [-0.05, 0) is 30.7 Å². The molecule has 0 saturated carbocycles. The number of nitrogens with one attached hydrogen (secondary N) is 1. The molecule has 6 heteroatoms. The molecule has 2 aromatic carbocycles. The molecule has 0 radical (unpaired) electrons. The van der Waals surface area contributed by atoms with Gasteiger partial charge in [0, 0.05) is 11.1 Å². The molecular weight excluding hydrogens is 278 g/mol. The highest BCUT2D eigenvalue weighted by Gasteiger charge is 2.11. The van der Waals surface area contributed by atoms with Gasteiger partial charge in [0.1, 0.15) is 5.69 Å². The summed E-state index contributed by atoms with van der Waals surface area (Å²) in [4.78, 5) is 10.4. The van der Waals surface area contributed by atoms with Gasteiger partial charge in [0.05, 0.1) is 10.6 Å². The second kappa shape index (κ2) is 6.16. The molecule has 0 bridgehead atoms. The number of nitro benzene ring substituents is 1. The lowest BCUT2D eigenvalue weighted by atomic mass is 10.1. The quantitative estimate of drug-likeness (QED) is 0.524. The molecular formula is C14H12ClN3O2. The number of benzene rings is 2. The number of nitrogens with zero attached hydrogens (tertiary/aromatic N) is 2. The minimum atomic E-state index is -0.449. The van der Waals surface area contributed by atoms with E-state index in [1.165, 1.54) is 6.07 Å². The summed E-state index contributed by atoms with van der Waals surface area (Å²) in [6.07, 6.45) is 0. The number of hydrazone groups is 1. The van der Waals surface area contributed by atoms with E-state index < -0.39 is 4.92 Å². The summed E-state index contributed by atoms with van der Waals surface area (Å²) in [5.74, 6) is 0. The standard InChI is InChI=1S/C14H12ClN3O2/c1-10(11-6-8-12(15)9-7-11)16-17-13-4-2-3-5-14(13)18(19)20/h2-9,17H,1H3/b16-10-. The Morgan fingerprint density at radius 3 is 2.50 bits per heavy atom. The van der Waals surface area contributed by atoms with E-state index >= 15 is 0 Å². The first-order valence-corrected chi connectivity index (χ1v) is 6.25. The van der Waals surface area contributed by atoms with Crippen LogP contribution in [0.1, 0.15) is 12.5 Å². The summed E-state index contributed by atoms with van der Waals surface area (Å²) in [6.45, 7) is 1.81. The maximum absolute atomic E-state index is 10.9. The lowest BCUT2D eigenvalue weighted by molar-refractivity contribution is -0.384. The molecule has 0 atom stereocenters. The molecule has 0 aromatic heterocycles. The predicted octanol–water partition coefficient (Wildman–Crippen LogP) is 4.08. The van der Waals surface area contributed by atoms with Gasteiger partial charge in [-0.25, -0.2) is 0 Å². The van der Waals surface area contributed by atoms with E-state index in [0.717, 1.165) is 5.56 Å². The molecule has 0 amide bonds. The van der Waals surface area contributed by atoms with Gasteiger partial charge in [-0.2, -0.15) is 5.10 Å². The number of halogens is 1. The third kappa shape index (κ3) is 3.33. The van der Waals surface area contributed by atoms with E-state index in [0.29, 0.717) is 16.4 Å². The second-order valence-electron chi connectivity index (χ2n) is 4.09. The summed E-state index contributed by atoms with van der Waals surface area (Å²) < 4.78 is 0. The Hall–Kier alpha value is -2.40. The highest BCUT2D eigenvalue weighted by Crippen LogP contribution is 2.23. The SMILES string of the molecule is C/C(=N/Nc1ccccc1[N+](=O)[O-])c1ccc(Cl)cc1. The van der Waals surface area contributed by atoms with Crippen molar-refractivity contribution in [1.29, 1.82) is 0 Å². The Morgan fingerprint density at radius 2 is 1.85 bits per heavy atom. The molecule has 0 aliphatic heterocycles. The summed E-state index contributed by atoms with van der Waals surface area (Å²) in [5, 5.41) is 15.7. The van der Waals surface area contributed by atoms with Gasteiger partial charge in [0.25, 0.3) is 5.69 Å². The molecule has 0 fully saturated rings. The van der Waals surface area contributed by atoms with Crippen molar-refractivity contribution in [2.45, 2.75) is 6.92 Å². The first-order valence-electron chi connectivity index (χ1n) is 5.87. The predicted molar refractivity (Wildman–Crippen MR) is 80.4 cm³/mol. The lowest BCUT2D eigenvalue weighted by Gasteiger charge is -2.04. The largest absolute Gasteiger partial charge is 0.294 e. The first-order chi connectivity index (χ1) is 9.58. The van der Waals surface area contributed by atoms with Crippen molar-refractivity contribution in [3.63, 3.8) is 0 Å². The first kappa shape index (κ1) is 14.0. The van der Waals surface area contributed by atoms with E-state index in [-0.39, 0.29) is 5.69 Å². The van der Waals surface area contributed by atoms with Gasteiger partial charge in [0.15, 0.2) is 0 Å². The fourth-order valence-electron chi connectivity index (χ4n) is 1.63. The van der Waals surface area contributed by atoms with Crippen molar-refractivity contribution < 1.29 is 4.92 Å². The molecule has 1 N–H and O–H groups in total. The molecule has 0 spiro atoms. The van der Waals surface area contributed by atoms with Crippen molar-refractivity contribution in [1.82, 2.24) is 0 Å². The molecule has 0 saturated heterocycles. The summed E-state index contributed by atoms with van der Waals surface area (Å²) >= 11 is 5.81. The summed E-state index contributed by atoms with van der Waals surface area (Å²) in [7, 11) is 0. The van der Waals surface area contributed by atoms with Crippen molar-refractivity contribution >= 4 is 28.7 Å². The molecule has 102 valence electrons. The minimum absolute atomic E-state index is 0.0137. The molecule has 0 aliphatic rings. The van der Waals surface area contributed by atoms with E-state index in [1.807, 2.05) is 19.1 Å². The van der Waals surface area contributed by atoms with Crippen molar-refractivity contribution in [3.05, 3.63) is 69.2 Å². The van der Waals surface area contributed by atoms with Gasteiger partial charge in [0.2, 0.25) is 0 Å². The molecule has 2 rings (SSSR count). The van der Waals surface area contributed by atoms with Crippen LogP contribution in [0, 0.1) is 10.1 Å². The third-order valence-corrected chi connectivity index (χ3v) is 2.96. The average Bonchev–Trinajstić information content (AvgIpc) is 2.45.